The van der Waals surface area contributed by atoms with Crippen LogP contribution in [0, 0.1) is 28.3 Å². The van der Waals surface area contributed by atoms with Crippen molar-refractivity contribution in [2.75, 3.05) is 18.5 Å². The summed E-state index contributed by atoms with van der Waals surface area (Å²) in [5.41, 5.74) is 0.193. The number of hydrogen-bond acceptors (Lipinski definition) is 4. The minimum Gasteiger partial charge on any atom is -0.396 e. The summed E-state index contributed by atoms with van der Waals surface area (Å²) >= 11 is 0. The standard InChI is InChI=1S/C15H21FN2O3/c1-11-7-13(14(18(20)21)8-12(11)16)17-9-15(10-19)5-3-2-4-6-15/h7-8,17,19H,2-6,9-10H2,1H3. The summed E-state index contributed by atoms with van der Waals surface area (Å²) in [4.78, 5) is 10.4. The topological polar surface area (TPSA) is 75.4 Å². The highest BCUT2D eigenvalue weighted by atomic mass is 19.1. The Morgan fingerprint density at radius 2 is 2.05 bits per heavy atom. The molecule has 5 nitrogen and oxygen atoms in total. The highest BCUT2D eigenvalue weighted by Gasteiger charge is 2.32. The van der Waals surface area contributed by atoms with Gasteiger partial charge in [0.05, 0.1) is 17.6 Å². The number of aliphatic hydroxyl groups is 1. The number of hydrogen-bond donors (Lipinski definition) is 2. The molecule has 0 atom stereocenters. The van der Waals surface area contributed by atoms with E-state index >= 15 is 0 Å². The second kappa shape index (κ2) is 6.39. The molecule has 21 heavy (non-hydrogen) atoms. The van der Waals surface area contributed by atoms with Gasteiger partial charge < -0.3 is 10.4 Å². The molecule has 116 valence electrons. The second-order valence-electron chi connectivity index (χ2n) is 5.95. The highest BCUT2D eigenvalue weighted by Crippen LogP contribution is 2.37. The van der Waals surface area contributed by atoms with Crippen molar-refractivity contribution >= 4 is 11.4 Å². The molecule has 1 aromatic rings. The van der Waals surface area contributed by atoms with Gasteiger partial charge in [-0.05, 0) is 31.4 Å². The largest absolute Gasteiger partial charge is 0.396 e. The Labute approximate surface area is 123 Å². The van der Waals surface area contributed by atoms with Crippen LogP contribution in [0.1, 0.15) is 37.7 Å². The van der Waals surface area contributed by atoms with Crippen LogP contribution in [0.5, 0.6) is 0 Å². The van der Waals surface area contributed by atoms with Crippen LogP contribution in [0.15, 0.2) is 12.1 Å². The zero-order valence-electron chi connectivity index (χ0n) is 12.2. The molecule has 0 saturated heterocycles. The fourth-order valence-electron chi connectivity index (χ4n) is 2.94. The van der Waals surface area contributed by atoms with Crippen LogP contribution >= 0.6 is 0 Å². The third-order valence-corrected chi connectivity index (χ3v) is 4.38. The molecule has 0 radical (unpaired) electrons. The van der Waals surface area contributed by atoms with E-state index in [9.17, 15) is 19.6 Å². The van der Waals surface area contributed by atoms with Crippen molar-refractivity contribution < 1.29 is 14.4 Å². The average molecular weight is 296 g/mol. The normalized spacial score (nSPS) is 17.5. The first-order chi connectivity index (χ1) is 9.97. The minimum atomic E-state index is -0.586. The van der Waals surface area contributed by atoms with Crippen LogP contribution in [0.2, 0.25) is 0 Å². The Morgan fingerprint density at radius 3 is 2.62 bits per heavy atom. The molecular weight excluding hydrogens is 275 g/mol. The third-order valence-electron chi connectivity index (χ3n) is 4.38. The van der Waals surface area contributed by atoms with E-state index in [1.807, 2.05) is 0 Å². The number of nitro groups is 1. The first-order valence-electron chi connectivity index (χ1n) is 7.27. The van der Waals surface area contributed by atoms with Crippen molar-refractivity contribution in [1.29, 1.82) is 0 Å². The Bertz CT molecular complexity index is 528. The van der Waals surface area contributed by atoms with E-state index in [-0.39, 0.29) is 17.7 Å². The summed E-state index contributed by atoms with van der Waals surface area (Å²) in [5, 5.41) is 23.8. The summed E-state index contributed by atoms with van der Waals surface area (Å²) in [6.45, 7) is 2.11. The predicted octanol–water partition coefficient (Wildman–Crippen LogP) is 3.40. The highest BCUT2D eigenvalue weighted by molar-refractivity contribution is 5.63. The Morgan fingerprint density at radius 1 is 1.38 bits per heavy atom. The van der Waals surface area contributed by atoms with Gasteiger partial charge in [0.15, 0.2) is 0 Å². The van der Waals surface area contributed by atoms with Gasteiger partial charge in [0.25, 0.3) is 5.69 Å². The van der Waals surface area contributed by atoms with Gasteiger partial charge >= 0.3 is 0 Å². The van der Waals surface area contributed by atoms with E-state index in [2.05, 4.69) is 5.32 Å². The SMILES string of the molecule is Cc1cc(NCC2(CO)CCCCC2)c([N+](=O)[O-])cc1F. The van der Waals surface area contributed by atoms with Crippen molar-refractivity contribution in [2.24, 2.45) is 5.41 Å². The van der Waals surface area contributed by atoms with E-state index in [1.54, 1.807) is 6.92 Å². The lowest BCUT2D eigenvalue weighted by Crippen LogP contribution is -2.35. The van der Waals surface area contributed by atoms with Gasteiger partial charge in [-0.15, -0.1) is 0 Å². The smallest absolute Gasteiger partial charge is 0.295 e. The molecule has 1 aliphatic carbocycles. The fraction of sp³-hybridized carbons (Fsp3) is 0.600. The molecule has 1 fully saturated rings. The summed E-state index contributed by atoms with van der Waals surface area (Å²) in [6.07, 6.45) is 5.10. The van der Waals surface area contributed by atoms with Gasteiger partial charge in [-0.1, -0.05) is 19.3 Å². The quantitative estimate of drug-likeness (QED) is 0.645. The summed E-state index contributed by atoms with van der Waals surface area (Å²) in [6, 6.07) is 2.41. The lowest BCUT2D eigenvalue weighted by Gasteiger charge is -2.36. The molecule has 2 rings (SSSR count). The van der Waals surface area contributed by atoms with Gasteiger partial charge in [-0.2, -0.15) is 0 Å². The van der Waals surface area contributed by atoms with Crippen molar-refractivity contribution in [1.82, 2.24) is 0 Å². The molecule has 0 heterocycles. The number of anilines is 1. The minimum absolute atomic E-state index is 0.0635. The third kappa shape index (κ3) is 3.50. The van der Waals surface area contributed by atoms with Crippen molar-refractivity contribution in [3.63, 3.8) is 0 Å². The second-order valence-corrected chi connectivity index (χ2v) is 5.95. The van der Waals surface area contributed by atoms with Crippen LogP contribution in [-0.2, 0) is 0 Å². The van der Waals surface area contributed by atoms with Gasteiger partial charge in [0.1, 0.15) is 11.5 Å². The van der Waals surface area contributed by atoms with Crippen molar-refractivity contribution in [3.05, 3.63) is 33.6 Å². The van der Waals surface area contributed by atoms with Gasteiger partial charge in [0.2, 0.25) is 0 Å². The zero-order valence-corrected chi connectivity index (χ0v) is 12.2. The van der Waals surface area contributed by atoms with E-state index in [1.165, 1.54) is 6.07 Å². The van der Waals surface area contributed by atoms with Gasteiger partial charge in [-0.25, -0.2) is 4.39 Å². The number of halogens is 1. The maximum Gasteiger partial charge on any atom is 0.295 e. The zero-order chi connectivity index (χ0) is 15.5. The first-order valence-corrected chi connectivity index (χ1v) is 7.27. The molecule has 6 heteroatoms. The maximum absolute atomic E-state index is 13.5. The lowest BCUT2D eigenvalue weighted by molar-refractivity contribution is -0.384. The summed E-state index contributed by atoms with van der Waals surface area (Å²) in [5.74, 6) is -0.582. The monoisotopic (exact) mass is 296 g/mol. The average Bonchev–Trinajstić information content (AvgIpc) is 2.48. The van der Waals surface area contributed by atoms with Gasteiger partial charge in [0, 0.05) is 12.0 Å². The molecule has 2 N–H and O–H groups in total. The number of nitro benzene ring substituents is 1. The number of aliphatic hydroxyl groups excluding tert-OH is 1. The molecule has 0 spiro atoms. The molecule has 0 aromatic heterocycles. The predicted molar refractivity (Wildman–Crippen MR) is 78.9 cm³/mol. The molecule has 1 saturated carbocycles. The van der Waals surface area contributed by atoms with Crippen LogP contribution in [0.25, 0.3) is 0 Å². The number of rotatable bonds is 5. The van der Waals surface area contributed by atoms with E-state index in [4.69, 9.17) is 0 Å². The molecule has 0 amide bonds. The van der Waals surface area contributed by atoms with Gasteiger partial charge in [-0.3, -0.25) is 10.1 Å². The maximum atomic E-state index is 13.5. The number of aryl methyl sites for hydroxylation is 1. The Balaban J connectivity index is 2.18. The molecule has 0 aliphatic heterocycles. The lowest BCUT2D eigenvalue weighted by atomic mass is 9.74. The summed E-state index contributed by atoms with van der Waals surface area (Å²) in [7, 11) is 0. The van der Waals surface area contributed by atoms with Crippen molar-refractivity contribution in [2.45, 2.75) is 39.0 Å². The number of benzene rings is 1. The van der Waals surface area contributed by atoms with Crippen molar-refractivity contribution in [3.8, 4) is 0 Å². The molecule has 1 aliphatic rings. The Hall–Kier alpha value is -1.69. The number of nitrogens with zero attached hydrogens (tertiary/aromatic N) is 1. The van der Waals surface area contributed by atoms with E-state index < -0.39 is 10.7 Å². The molecule has 0 bridgehead atoms. The number of nitrogens with one attached hydrogen (secondary N) is 1. The summed E-state index contributed by atoms with van der Waals surface area (Å²) < 4.78 is 13.5. The van der Waals surface area contributed by atoms with Crippen LogP contribution < -0.4 is 5.32 Å². The molecular formula is C15H21FN2O3. The Kier molecular flexibility index (Phi) is 4.77. The van der Waals surface area contributed by atoms with Crippen LogP contribution in [0.4, 0.5) is 15.8 Å². The molecule has 1 aromatic carbocycles. The van der Waals surface area contributed by atoms with E-state index in [0.29, 0.717) is 17.8 Å². The van der Waals surface area contributed by atoms with Crippen LogP contribution in [0.3, 0.4) is 0 Å². The van der Waals surface area contributed by atoms with Crippen LogP contribution in [-0.4, -0.2) is 23.2 Å². The molecule has 0 unspecified atom stereocenters. The van der Waals surface area contributed by atoms with E-state index in [0.717, 1.165) is 38.2 Å². The first kappa shape index (κ1) is 15.7. The fourth-order valence-corrected chi connectivity index (χ4v) is 2.94.